The minimum Gasteiger partial charge on any atom is -0.373 e. The van der Waals surface area contributed by atoms with Crippen molar-refractivity contribution in [1.82, 2.24) is 0 Å². The van der Waals surface area contributed by atoms with Gasteiger partial charge in [0.15, 0.2) is 0 Å². The normalized spacial score (nSPS) is 37.4. The summed E-state index contributed by atoms with van der Waals surface area (Å²) in [6.07, 6.45) is 20.0. The van der Waals surface area contributed by atoms with Crippen LogP contribution >= 0.6 is 0 Å². The molecule has 0 aromatic carbocycles. The Hall–Kier alpha value is -1.34. The molecule has 0 aromatic rings. The van der Waals surface area contributed by atoms with E-state index in [1.54, 1.807) is 0 Å². The molecule has 1 saturated heterocycles. The van der Waals surface area contributed by atoms with Gasteiger partial charge in [0, 0.05) is 5.92 Å². The Balaban J connectivity index is 1.84. The van der Waals surface area contributed by atoms with Crippen LogP contribution in [0.4, 0.5) is 0 Å². The van der Waals surface area contributed by atoms with Gasteiger partial charge < -0.3 is 4.74 Å². The number of ether oxygens (including phenoxy) is 1. The molecule has 1 aliphatic heterocycles. The number of rotatable bonds is 2. The highest BCUT2D eigenvalue weighted by atomic mass is 16.5. The first-order chi connectivity index (χ1) is 8.88. The molecule has 0 aromatic heterocycles. The number of fused-ring (bicyclic) bond motifs is 3. The Morgan fingerprint density at radius 3 is 3.00 bits per heavy atom. The summed E-state index contributed by atoms with van der Waals surface area (Å²) in [6.45, 7) is 4.70. The zero-order valence-electron chi connectivity index (χ0n) is 10.7. The zero-order valence-corrected chi connectivity index (χ0v) is 10.7. The molecule has 3 aliphatic rings. The van der Waals surface area contributed by atoms with Gasteiger partial charge >= 0.3 is 0 Å². The molecule has 94 valence electrons. The molecule has 18 heavy (non-hydrogen) atoms. The predicted molar refractivity (Wildman–Crippen MR) is 75.1 cm³/mol. The highest BCUT2D eigenvalue weighted by Gasteiger charge is 2.38. The van der Waals surface area contributed by atoms with Gasteiger partial charge in [-0.1, -0.05) is 54.2 Å². The minimum atomic E-state index is 0.279. The highest BCUT2D eigenvalue weighted by molar-refractivity contribution is 5.25. The molecule has 4 atom stereocenters. The van der Waals surface area contributed by atoms with Crippen LogP contribution in [0, 0.1) is 17.8 Å². The molecule has 1 heterocycles. The topological polar surface area (TPSA) is 9.23 Å². The summed E-state index contributed by atoms with van der Waals surface area (Å²) in [5, 5.41) is 0. The smallest absolute Gasteiger partial charge is 0.0796 e. The van der Waals surface area contributed by atoms with E-state index in [4.69, 9.17) is 4.74 Å². The lowest BCUT2D eigenvalue weighted by Gasteiger charge is -2.41. The van der Waals surface area contributed by atoms with Gasteiger partial charge in [-0.05, 0) is 24.7 Å². The van der Waals surface area contributed by atoms with Crippen LogP contribution in [-0.4, -0.2) is 12.7 Å². The maximum Gasteiger partial charge on any atom is 0.0796 e. The van der Waals surface area contributed by atoms with Crippen LogP contribution in [-0.2, 0) is 4.74 Å². The van der Waals surface area contributed by atoms with Crippen LogP contribution < -0.4 is 0 Å². The van der Waals surface area contributed by atoms with E-state index in [1.807, 2.05) is 6.08 Å². The first-order valence-electron chi connectivity index (χ1n) is 6.82. The Bertz CT molecular complexity index is 439. The van der Waals surface area contributed by atoms with Gasteiger partial charge in [-0.15, -0.1) is 6.58 Å². The van der Waals surface area contributed by atoms with Crippen LogP contribution in [0.1, 0.15) is 12.8 Å². The summed E-state index contributed by atoms with van der Waals surface area (Å²) in [4.78, 5) is 0. The fraction of sp³-hybridized carbons (Fsp3) is 0.412. The molecule has 0 bridgehead atoms. The van der Waals surface area contributed by atoms with E-state index in [9.17, 15) is 0 Å². The highest BCUT2D eigenvalue weighted by Crippen LogP contribution is 2.40. The van der Waals surface area contributed by atoms with Crippen LogP contribution in [0.25, 0.3) is 0 Å². The lowest BCUT2D eigenvalue weighted by Crippen LogP contribution is -2.40. The lowest BCUT2D eigenvalue weighted by atomic mass is 9.72. The molecule has 0 saturated carbocycles. The van der Waals surface area contributed by atoms with Gasteiger partial charge in [0.25, 0.3) is 0 Å². The summed E-state index contributed by atoms with van der Waals surface area (Å²) in [5.41, 5.74) is 1.47. The van der Waals surface area contributed by atoms with E-state index in [1.165, 1.54) is 5.57 Å². The van der Waals surface area contributed by atoms with Gasteiger partial charge in [-0.25, -0.2) is 0 Å². The third kappa shape index (κ3) is 2.15. The molecule has 0 amide bonds. The van der Waals surface area contributed by atoms with Gasteiger partial charge in [-0.3, -0.25) is 0 Å². The number of hydrogen-bond acceptors (Lipinski definition) is 1. The Labute approximate surface area is 109 Å². The van der Waals surface area contributed by atoms with E-state index in [0.29, 0.717) is 17.8 Å². The molecule has 1 heteroatoms. The van der Waals surface area contributed by atoms with Crippen molar-refractivity contribution in [3.8, 4) is 0 Å². The second-order valence-electron chi connectivity index (χ2n) is 5.38. The predicted octanol–water partition coefficient (Wildman–Crippen LogP) is 3.82. The van der Waals surface area contributed by atoms with E-state index >= 15 is 0 Å². The third-order valence-electron chi connectivity index (χ3n) is 4.23. The van der Waals surface area contributed by atoms with Crippen LogP contribution in [0.3, 0.4) is 0 Å². The summed E-state index contributed by atoms with van der Waals surface area (Å²) >= 11 is 0. The molecule has 1 nitrogen and oxygen atoms in total. The van der Waals surface area contributed by atoms with Crippen molar-refractivity contribution in [2.45, 2.75) is 18.9 Å². The Kier molecular flexibility index (Phi) is 3.33. The van der Waals surface area contributed by atoms with E-state index in [2.05, 4.69) is 49.1 Å². The summed E-state index contributed by atoms with van der Waals surface area (Å²) in [7, 11) is 0. The number of allylic oxidation sites excluding steroid dienone is 7. The van der Waals surface area contributed by atoms with Crippen molar-refractivity contribution in [2.24, 2.45) is 17.8 Å². The second-order valence-corrected chi connectivity index (χ2v) is 5.38. The SMILES string of the molecule is C=CCC1=CC=CC2OCC3C=CC=CC3C2C1. The second kappa shape index (κ2) is 5.11. The first-order valence-corrected chi connectivity index (χ1v) is 6.82. The van der Waals surface area contributed by atoms with Crippen LogP contribution in [0.2, 0.25) is 0 Å². The molecular weight excluding hydrogens is 220 g/mol. The zero-order chi connectivity index (χ0) is 12.4. The molecular formula is C17H20O. The Morgan fingerprint density at radius 2 is 2.11 bits per heavy atom. The van der Waals surface area contributed by atoms with Crippen molar-refractivity contribution in [3.05, 3.63) is 60.8 Å². The summed E-state index contributed by atoms with van der Waals surface area (Å²) in [5.74, 6) is 1.77. The van der Waals surface area contributed by atoms with Crippen molar-refractivity contribution in [2.75, 3.05) is 6.61 Å². The Morgan fingerprint density at radius 1 is 1.22 bits per heavy atom. The molecule has 3 rings (SSSR count). The van der Waals surface area contributed by atoms with Gasteiger partial charge in [-0.2, -0.15) is 0 Å². The van der Waals surface area contributed by atoms with Gasteiger partial charge in [0.05, 0.1) is 12.7 Å². The fourth-order valence-corrected chi connectivity index (χ4v) is 3.32. The monoisotopic (exact) mass is 240 g/mol. The fourth-order valence-electron chi connectivity index (χ4n) is 3.32. The van der Waals surface area contributed by atoms with Crippen molar-refractivity contribution < 1.29 is 4.74 Å². The van der Waals surface area contributed by atoms with Crippen molar-refractivity contribution in [3.63, 3.8) is 0 Å². The summed E-state index contributed by atoms with van der Waals surface area (Å²) in [6, 6.07) is 0. The lowest BCUT2D eigenvalue weighted by molar-refractivity contribution is -0.0412. The first kappa shape index (κ1) is 11.7. The quantitative estimate of drug-likeness (QED) is 0.667. The largest absolute Gasteiger partial charge is 0.373 e. The average molecular weight is 240 g/mol. The molecule has 0 N–H and O–H groups in total. The van der Waals surface area contributed by atoms with Gasteiger partial charge in [0.1, 0.15) is 0 Å². The van der Waals surface area contributed by atoms with E-state index < -0.39 is 0 Å². The third-order valence-corrected chi connectivity index (χ3v) is 4.23. The minimum absolute atomic E-state index is 0.279. The van der Waals surface area contributed by atoms with Crippen LogP contribution in [0.5, 0.6) is 0 Å². The summed E-state index contributed by atoms with van der Waals surface area (Å²) < 4.78 is 6.03. The van der Waals surface area contributed by atoms with E-state index in [-0.39, 0.29) is 6.10 Å². The van der Waals surface area contributed by atoms with E-state index in [0.717, 1.165) is 19.4 Å². The number of hydrogen-bond donors (Lipinski definition) is 0. The van der Waals surface area contributed by atoms with Crippen LogP contribution in [0.15, 0.2) is 60.8 Å². The van der Waals surface area contributed by atoms with Crippen molar-refractivity contribution >= 4 is 0 Å². The maximum absolute atomic E-state index is 6.03. The molecule has 0 radical (unpaired) electrons. The van der Waals surface area contributed by atoms with Crippen molar-refractivity contribution in [1.29, 1.82) is 0 Å². The molecule has 0 spiro atoms. The average Bonchev–Trinajstić information content (AvgIpc) is 2.61. The standard InChI is InChI=1S/C17H20O/c1-2-6-13-7-5-10-17-16(11-13)15-9-4-3-8-14(15)12-18-17/h2-5,7-10,14-17H,1,6,11-12H2. The molecule has 4 unspecified atom stereocenters. The molecule has 1 fully saturated rings. The molecule has 2 aliphatic carbocycles. The maximum atomic E-state index is 6.03. The van der Waals surface area contributed by atoms with Gasteiger partial charge in [0.2, 0.25) is 0 Å².